The summed E-state index contributed by atoms with van der Waals surface area (Å²) in [7, 11) is 3.00. The predicted octanol–water partition coefficient (Wildman–Crippen LogP) is -2.34. The average Bonchev–Trinajstić information content (AvgIpc) is 3.94. The van der Waals surface area contributed by atoms with E-state index in [0.717, 1.165) is 4.57 Å². The van der Waals surface area contributed by atoms with Crippen LogP contribution in [0.4, 0.5) is 5.69 Å². The number of anilines is 1. The summed E-state index contributed by atoms with van der Waals surface area (Å²) < 4.78 is 11.4. The highest BCUT2D eigenvalue weighted by molar-refractivity contribution is 5.93. The predicted molar refractivity (Wildman–Crippen MR) is 286 cm³/mol. The molecule has 27 nitrogen and oxygen atoms in total. The van der Waals surface area contributed by atoms with Crippen LogP contribution in [0.5, 0.6) is 0 Å². The number of carbonyl (C=O) groups is 8. The first-order valence-corrected chi connectivity index (χ1v) is 26.0. The van der Waals surface area contributed by atoms with Crippen LogP contribution < -0.4 is 59.1 Å². The van der Waals surface area contributed by atoms with E-state index in [0.29, 0.717) is 88.6 Å². The van der Waals surface area contributed by atoms with E-state index in [1.54, 1.807) is 24.1 Å². The van der Waals surface area contributed by atoms with Crippen molar-refractivity contribution in [3.05, 3.63) is 53.1 Å². The number of methoxy groups -OCH3 is 1. The number of aromatic amines is 1. The minimum atomic E-state index is -1.13. The third kappa shape index (κ3) is 21.1. The molecule has 27 heteroatoms. The summed E-state index contributed by atoms with van der Waals surface area (Å²) in [6.45, 7) is 7.85. The van der Waals surface area contributed by atoms with Crippen LogP contribution in [0.2, 0.25) is 0 Å². The molecule has 8 amide bonds. The molecule has 0 aliphatic carbocycles. The van der Waals surface area contributed by atoms with Crippen LogP contribution in [0.3, 0.4) is 0 Å². The summed E-state index contributed by atoms with van der Waals surface area (Å²) in [6, 6.07) is 1.23. The number of likely N-dealkylation sites (N-methyl/N-ethyl adjacent to an activating group) is 1. The fourth-order valence-electron chi connectivity index (χ4n) is 8.35. The lowest BCUT2D eigenvalue weighted by Gasteiger charge is -2.38. The zero-order chi connectivity index (χ0) is 56.3. The Labute approximate surface area is 447 Å². The molecule has 3 aromatic rings. The van der Waals surface area contributed by atoms with Crippen LogP contribution in [0, 0.1) is 5.92 Å². The standard InChI is InChI=1S/C50H78N16O11/c1-6-32(2)44(60-33(3)67)47(73)62-39(10-7-8-16-55-41(68)14-15-42(69)56-18-23-77-25-24-76-5)49(75)65-21-19-64(20-22-65)35-12-13-37-36(27-35)48(74)66(31-59-37)29-43(70)61-38(11-9-17-57-50(51)52)46(72)63-40(45(71)53-4)26-34-28-54-30-58-34/h12-13,27-28,30-32,38-40,44H,6-11,14-26,29H2,1-5H3,(H,53,71)(H,54,58)(H,55,68)(H,56,69)(H,60,67)(H,61,70)(H,62,73)(H,63,72)(H4,51,52,57)/t32-,38-,39-,40?,44-/m0/s1. The molecule has 1 fully saturated rings. The largest absolute Gasteiger partial charge is 0.382 e. The number of nitrogens with one attached hydrogen (secondary N) is 8. The molecule has 3 heterocycles. The second kappa shape index (κ2) is 32.7. The van der Waals surface area contributed by atoms with Crippen LogP contribution in [-0.4, -0.2) is 182 Å². The van der Waals surface area contributed by atoms with Gasteiger partial charge in [0.1, 0.15) is 30.7 Å². The summed E-state index contributed by atoms with van der Waals surface area (Å²) in [5.41, 5.74) is 12.1. The molecule has 0 saturated carbocycles. The first kappa shape index (κ1) is 61.9. The second-order valence-corrected chi connectivity index (χ2v) is 18.6. The number of rotatable bonds is 33. The van der Waals surface area contributed by atoms with Crippen LogP contribution in [-0.2, 0) is 60.8 Å². The highest BCUT2D eigenvalue weighted by Crippen LogP contribution is 2.21. The van der Waals surface area contributed by atoms with Gasteiger partial charge >= 0.3 is 0 Å². The number of hydrogen-bond acceptors (Lipinski definition) is 15. The number of hydrogen-bond donors (Lipinski definition) is 10. The fourth-order valence-corrected chi connectivity index (χ4v) is 8.35. The van der Waals surface area contributed by atoms with Gasteiger partial charge in [0.25, 0.3) is 5.56 Å². The van der Waals surface area contributed by atoms with E-state index in [1.807, 2.05) is 24.8 Å². The number of aromatic nitrogens is 4. The lowest BCUT2D eigenvalue weighted by Crippen LogP contribution is -2.58. The Morgan fingerprint density at radius 2 is 1.52 bits per heavy atom. The maximum absolute atomic E-state index is 14.3. The molecule has 77 heavy (non-hydrogen) atoms. The van der Waals surface area contributed by atoms with Crippen molar-refractivity contribution in [1.82, 2.24) is 61.6 Å². The van der Waals surface area contributed by atoms with Crippen LogP contribution in [0.25, 0.3) is 10.9 Å². The molecule has 0 radical (unpaired) electrons. The Hall–Kier alpha value is -7.68. The van der Waals surface area contributed by atoms with E-state index >= 15 is 0 Å². The number of carbonyl (C=O) groups excluding carboxylic acids is 8. The van der Waals surface area contributed by atoms with Crippen molar-refractivity contribution in [2.75, 3.05) is 84.7 Å². The average molecular weight is 1080 g/mol. The molecule has 2 aromatic heterocycles. The highest BCUT2D eigenvalue weighted by Gasteiger charge is 2.33. The van der Waals surface area contributed by atoms with Gasteiger partial charge in [0, 0.05) is 104 Å². The lowest BCUT2D eigenvalue weighted by molar-refractivity contribution is -0.138. The van der Waals surface area contributed by atoms with Gasteiger partial charge in [0.2, 0.25) is 47.3 Å². The topological polar surface area (TPSA) is 374 Å². The number of fused-ring (bicyclic) bond motifs is 1. The highest BCUT2D eigenvalue weighted by atomic mass is 16.5. The van der Waals surface area contributed by atoms with E-state index in [1.165, 1.54) is 32.8 Å². The molecule has 1 saturated heterocycles. The van der Waals surface area contributed by atoms with E-state index in [-0.39, 0.29) is 92.6 Å². The number of amides is 8. The van der Waals surface area contributed by atoms with Gasteiger partial charge in [-0.3, -0.25) is 52.7 Å². The molecule has 4 rings (SSSR count). The smallest absolute Gasteiger partial charge is 0.261 e. The number of nitrogens with two attached hydrogens (primary N) is 2. The van der Waals surface area contributed by atoms with Crippen molar-refractivity contribution < 1.29 is 47.8 Å². The molecule has 12 N–H and O–H groups in total. The van der Waals surface area contributed by atoms with Gasteiger partial charge in [0.15, 0.2) is 5.96 Å². The maximum Gasteiger partial charge on any atom is 0.261 e. The summed E-state index contributed by atoms with van der Waals surface area (Å²) in [6.07, 6.45) is 6.52. The van der Waals surface area contributed by atoms with Crippen LogP contribution >= 0.6 is 0 Å². The number of nitrogens with zero attached hydrogens (tertiary/aromatic N) is 6. The summed E-state index contributed by atoms with van der Waals surface area (Å²) >= 11 is 0. The minimum absolute atomic E-state index is 0.000122. The monoisotopic (exact) mass is 1080 g/mol. The van der Waals surface area contributed by atoms with E-state index in [4.69, 9.17) is 20.9 Å². The summed E-state index contributed by atoms with van der Waals surface area (Å²) in [5.74, 6) is -3.87. The molecule has 0 bridgehead atoms. The third-order valence-corrected chi connectivity index (χ3v) is 12.8. The number of unbranched alkanes of at least 4 members (excludes halogenated alkanes) is 1. The summed E-state index contributed by atoms with van der Waals surface area (Å²) in [4.78, 5) is 138. The second-order valence-electron chi connectivity index (χ2n) is 18.6. The number of piperazine rings is 1. The van der Waals surface area contributed by atoms with Gasteiger partial charge in [-0.05, 0) is 56.2 Å². The molecule has 424 valence electrons. The normalized spacial score (nSPS) is 14.2. The van der Waals surface area contributed by atoms with Crippen molar-refractivity contribution in [2.24, 2.45) is 22.4 Å². The van der Waals surface area contributed by atoms with Crippen molar-refractivity contribution in [3.8, 4) is 0 Å². The fraction of sp³-hybridized carbons (Fsp3) is 0.600. The molecule has 0 spiro atoms. The van der Waals surface area contributed by atoms with Crippen molar-refractivity contribution in [1.29, 1.82) is 0 Å². The third-order valence-electron chi connectivity index (χ3n) is 12.8. The number of ether oxygens (including phenoxy) is 2. The number of aliphatic imine (C=N–C) groups is 1. The van der Waals surface area contributed by atoms with Gasteiger partial charge in [0.05, 0.1) is 43.4 Å². The van der Waals surface area contributed by atoms with Gasteiger partial charge in [-0.15, -0.1) is 0 Å². The zero-order valence-electron chi connectivity index (χ0n) is 44.8. The summed E-state index contributed by atoms with van der Waals surface area (Å²) in [5, 5.41) is 19.3. The van der Waals surface area contributed by atoms with Crippen molar-refractivity contribution in [2.45, 2.75) is 109 Å². The first-order valence-electron chi connectivity index (χ1n) is 26.0. The number of benzene rings is 1. The molecular weight excluding hydrogens is 1000 g/mol. The molecule has 1 aromatic carbocycles. The van der Waals surface area contributed by atoms with E-state index in [2.05, 4.69) is 57.2 Å². The van der Waals surface area contributed by atoms with Gasteiger partial charge in [-0.2, -0.15) is 0 Å². The van der Waals surface area contributed by atoms with Crippen molar-refractivity contribution in [3.63, 3.8) is 0 Å². The molecule has 1 aliphatic heterocycles. The minimum Gasteiger partial charge on any atom is -0.382 e. The lowest BCUT2D eigenvalue weighted by atomic mass is 9.97. The quantitative estimate of drug-likeness (QED) is 0.0174. The Kier molecular flexibility index (Phi) is 26.3. The molecular formula is C50H78N16O11. The molecule has 5 atom stereocenters. The van der Waals surface area contributed by atoms with Gasteiger partial charge in [-0.1, -0.05) is 20.3 Å². The van der Waals surface area contributed by atoms with Crippen LogP contribution in [0.1, 0.15) is 77.8 Å². The first-order chi connectivity index (χ1) is 36.9. The number of H-pyrrole nitrogens is 1. The Morgan fingerprint density at radius 1 is 0.818 bits per heavy atom. The van der Waals surface area contributed by atoms with E-state index in [9.17, 15) is 43.2 Å². The molecule has 1 unspecified atom stereocenters. The molecule has 1 aliphatic rings. The zero-order valence-corrected chi connectivity index (χ0v) is 44.8. The Balaban J connectivity index is 1.39. The SMILES string of the molecule is CC[C@H](C)[C@H](NC(C)=O)C(=O)N[C@@H](CCCCNC(=O)CCC(=O)NCCOCCOC)C(=O)N1CCN(c2ccc3ncn(CC(=O)N[C@@H](CCCN=C(N)N)C(=O)NC(Cc4cnc[nH]4)C(=O)NC)c(=O)c3c2)CC1. The van der Waals surface area contributed by atoms with Crippen molar-refractivity contribution >= 4 is 69.8 Å². The van der Waals surface area contributed by atoms with Gasteiger partial charge < -0.3 is 72.9 Å². The number of guanidine groups is 1. The Bertz CT molecular complexity index is 2510. The maximum atomic E-state index is 14.3. The Morgan fingerprint density at radius 3 is 2.17 bits per heavy atom. The number of imidazole rings is 1. The van der Waals surface area contributed by atoms with Gasteiger partial charge in [-0.25, -0.2) is 9.97 Å². The van der Waals surface area contributed by atoms with Crippen LogP contribution in [0.15, 0.2) is 46.8 Å². The van der Waals surface area contributed by atoms with E-state index < -0.39 is 59.9 Å².